The molecule has 0 bridgehead atoms. The van der Waals surface area contributed by atoms with Gasteiger partial charge < -0.3 is 9.64 Å². The van der Waals surface area contributed by atoms with Gasteiger partial charge in [-0.25, -0.2) is 13.6 Å². The van der Waals surface area contributed by atoms with Crippen LogP contribution in [0.15, 0.2) is 42.5 Å². The number of likely N-dealkylation sites (N-methyl/N-ethyl adjacent to an activating group) is 1. The van der Waals surface area contributed by atoms with Crippen LogP contribution in [0.4, 0.5) is 8.78 Å². The Morgan fingerprint density at radius 2 is 1.92 bits per heavy atom. The molecule has 2 aromatic rings. The molecule has 1 atom stereocenters. The zero-order chi connectivity index (χ0) is 18.6. The van der Waals surface area contributed by atoms with Gasteiger partial charge >= 0.3 is 5.97 Å². The average Bonchev–Trinajstić information content (AvgIpc) is 2.63. The lowest BCUT2D eigenvalue weighted by atomic mass is 10.0. The molecule has 0 spiro atoms. The molecule has 0 aromatic heterocycles. The normalized spacial score (nSPS) is 11.3. The third-order valence-electron chi connectivity index (χ3n) is 3.62. The molecule has 0 aliphatic heterocycles. The Morgan fingerprint density at radius 3 is 2.56 bits per heavy atom. The molecule has 128 valence electrons. The highest BCUT2D eigenvalue weighted by Gasteiger charge is 2.32. The number of halogens is 2. The molecule has 0 saturated carbocycles. The van der Waals surface area contributed by atoms with Crippen LogP contribution >= 0.6 is 0 Å². The zero-order valence-corrected chi connectivity index (χ0v) is 13.5. The number of hydrogen-bond donors (Lipinski definition) is 0. The standard InChI is InChI=1S/C18H14F2N2O3/c1-22(17(23)12-5-3-4-11(8-12)10-21)16(18(24)25-2)14-9-13(19)6-7-15(14)20/h3-9,16H,1-2H3/t16-/m1/s1. The number of ether oxygens (including phenoxy) is 1. The highest BCUT2D eigenvalue weighted by Crippen LogP contribution is 2.26. The molecule has 0 saturated heterocycles. The molecule has 7 heteroatoms. The fourth-order valence-electron chi connectivity index (χ4n) is 2.37. The number of hydrogen-bond acceptors (Lipinski definition) is 4. The van der Waals surface area contributed by atoms with E-state index in [0.717, 1.165) is 30.2 Å². The topological polar surface area (TPSA) is 70.4 Å². The number of nitrogens with zero attached hydrogens (tertiary/aromatic N) is 2. The second kappa shape index (κ2) is 7.53. The van der Waals surface area contributed by atoms with Crippen LogP contribution in [0.2, 0.25) is 0 Å². The van der Waals surface area contributed by atoms with Crippen molar-refractivity contribution in [1.82, 2.24) is 4.90 Å². The van der Waals surface area contributed by atoms with Gasteiger partial charge in [0.2, 0.25) is 0 Å². The second-order valence-corrected chi connectivity index (χ2v) is 5.20. The highest BCUT2D eigenvalue weighted by atomic mass is 19.1. The molecule has 0 N–H and O–H groups in total. The second-order valence-electron chi connectivity index (χ2n) is 5.20. The Morgan fingerprint density at radius 1 is 1.20 bits per heavy atom. The van der Waals surface area contributed by atoms with E-state index in [0.29, 0.717) is 0 Å². The Labute approximate surface area is 143 Å². The van der Waals surface area contributed by atoms with Crippen molar-refractivity contribution in [2.24, 2.45) is 0 Å². The molecule has 25 heavy (non-hydrogen) atoms. The van der Waals surface area contributed by atoms with Crippen LogP contribution in [0.25, 0.3) is 0 Å². The van der Waals surface area contributed by atoms with Gasteiger partial charge in [-0.15, -0.1) is 0 Å². The van der Waals surface area contributed by atoms with E-state index < -0.39 is 29.6 Å². The highest BCUT2D eigenvalue weighted by molar-refractivity contribution is 5.97. The number of carbonyl (C=O) groups excluding carboxylic acids is 2. The number of benzene rings is 2. The van der Waals surface area contributed by atoms with Gasteiger partial charge in [0, 0.05) is 18.2 Å². The molecule has 0 aliphatic rings. The predicted octanol–water partition coefficient (Wildman–Crippen LogP) is 2.82. The van der Waals surface area contributed by atoms with Crippen LogP contribution in [0.1, 0.15) is 27.5 Å². The van der Waals surface area contributed by atoms with E-state index in [-0.39, 0.29) is 16.7 Å². The number of esters is 1. The molecular weight excluding hydrogens is 330 g/mol. The Hall–Kier alpha value is -3.27. The number of carbonyl (C=O) groups is 2. The minimum atomic E-state index is -1.47. The fraction of sp³-hybridized carbons (Fsp3) is 0.167. The van der Waals surface area contributed by atoms with Crippen molar-refractivity contribution in [3.05, 3.63) is 70.8 Å². The van der Waals surface area contributed by atoms with E-state index in [1.165, 1.54) is 31.3 Å². The Kier molecular flexibility index (Phi) is 5.45. The van der Waals surface area contributed by atoms with E-state index in [1.54, 1.807) is 0 Å². The maximum absolute atomic E-state index is 14.1. The predicted molar refractivity (Wildman–Crippen MR) is 84.4 cm³/mol. The average molecular weight is 344 g/mol. The van der Waals surface area contributed by atoms with Gasteiger partial charge in [0.1, 0.15) is 11.6 Å². The van der Waals surface area contributed by atoms with E-state index in [4.69, 9.17) is 5.26 Å². The van der Waals surface area contributed by atoms with Gasteiger partial charge in [-0.3, -0.25) is 4.79 Å². The lowest BCUT2D eigenvalue weighted by Gasteiger charge is -2.27. The fourth-order valence-corrected chi connectivity index (χ4v) is 2.37. The van der Waals surface area contributed by atoms with Crippen LogP contribution in [-0.2, 0) is 9.53 Å². The van der Waals surface area contributed by atoms with Crippen molar-refractivity contribution in [2.75, 3.05) is 14.2 Å². The smallest absolute Gasteiger partial charge is 0.333 e. The number of amides is 1. The van der Waals surface area contributed by atoms with Crippen LogP contribution < -0.4 is 0 Å². The maximum Gasteiger partial charge on any atom is 0.333 e. The third-order valence-corrected chi connectivity index (χ3v) is 3.62. The van der Waals surface area contributed by atoms with Crippen molar-refractivity contribution in [3.8, 4) is 6.07 Å². The number of methoxy groups -OCH3 is 1. The summed E-state index contributed by atoms with van der Waals surface area (Å²) in [6.07, 6.45) is 0. The minimum absolute atomic E-state index is 0.132. The van der Waals surface area contributed by atoms with Gasteiger partial charge in [0.15, 0.2) is 6.04 Å². The first-order valence-electron chi connectivity index (χ1n) is 7.19. The van der Waals surface area contributed by atoms with Crippen molar-refractivity contribution in [3.63, 3.8) is 0 Å². The summed E-state index contributed by atoms with van der Waals surface area (Å²) >= 11 is 0. The monoisotopic (exact) mass is 344 g/mol. The minimum Gasteiger partial charge on any atom is -0.467 e. The van der Waals surface area contributed by atoms with Crippen molar-refractivity contribution >= 4 is 11.9 Å². The van der Waals surface area contributed by atoms with Crippen LogP contribution in [0.3, 0.4) is 0 Å². The summed E-state index contributed by atoms with van der Waals surface area (Å²) in [6, 6.07) is 8.87. The molecule has 2 aromatic carbocycles. The first-order chi connectivity index (χ1) is 11.9. The first-order valence-corrected chi connectivity index (χ1v) is 7.19. The zero-order valence-electron chi connectivity index (χ0n) is 13.5. The van der Waals surface area contributed by atoms with Crippen LogP contribution in [0, 0.1) is 23.0 Å². The largest absolute Gasteiger partial charge is 0.467 e. The summed E-state index contributed by atoms with van der Waals surface area (Å²) in [5, 5.41) is 8.92. The molecule has 2 rings (SSSR count). The maximum atomic E-state index is 14.1. The van der Waals surface area contributed by atoms with Gasteiger partial charge in [-0.1, -0.05) is 6.07 Å². The van der Waals surface area contributed by atoms with Gasteiger partial charge in [-0.2, -0.15) is 5.26 Å². The summed E-state index contributed by atoms with van der Waals surface area (Å²) in [5.74, 6) is -3.16. The molecule has 0 fully saturated rings. The third kappa shape index (κ3) is 3.80. The number of nitriles is 1. The summed E-state index contributed by atoms with van der Waals surface area (Å²) < 4.78 is 32.2. The summed E-state index contributed by atoms with van der Waals surface area (Å²) in [5.41, 5.74) is 0.0669. The molecule has 0 aliphatic carbocycles. The quantitative estimate of drug-likeness (QED) is 0.800. The van der Waals surface area contributed by atoms with Gasteiger partial charge in [-0.05, 0) is 36.4 Å². The Balaban J connectivity index is 2.47. The van der Waals surface area contributed by atoms with E-state index in [1.807, 2.05) is 6.07 Å². The van der Waals surface area contributed by atoms with Crippen molar-refractivity contribution in [2.45, 2.75) is 6.04 Å². The van der Waals surface area contributed by atoms with E-state index in [2.05, 4.69) is 4.74 Å². The van der Waals surface area contributed by atoms with Gasteiger partial charge in [0.05, 0.1) is 18.7 Å². The van der Waals surface area contributed by atoms with Crippen molar-refractivity contribution in [1.29, 1.82) is 5.26 Å². The molecule has 0 radical (unpaired) electrons. The summed E-state index contributed by atoms with van der Waals surface area (Å²) in [4.78, 5) is 25.7. The molecular formula is C18H14F2N2O3. The SMILES string of the molecule is COC(=O)[C@@H](c1cc(F)ccc1F)N(C)C(=O)c1cccc(C#N)c1. The van der Waals surface area contributed by atoms with Gasteiger partial charge in [0.25, 0.3) is 5.91 Å². The van der Waals surface area contributed by atoms with Crippen LogP contribution in [0.5, 0.6) is 0 Å². The lowest BCUT2D eigenvalue weighted by Crippen LogP contribution is -2.37. The van der Waals surface area contributed by atoms with E-state index >= 15 is 0 Å². The molecule has 0 unspecified atom stereocenters. The Bertz CT molecular complexity index is 862. The molecule has 5 nitrogen and oxygen atoms in total. The lowest BCUT2D eigenvalue weighted by molar-refractivity contribution is -0.146. The summed E-state index contributed by atoms with van der Waals surface area (Å²) in [7, 11) is 2.36. The van der Waals surface area contributed by atoms with Crippen molar-refractivity contribution < 1.29 is 23.1 Å². The summed E-state index contributed by atoms with van der Waals surface area (Å²) in [6.45, 7) is 0. The van der Waals surface area contributed by atoms with Crippen LogP contribution in [-0.4, -0.2) is 30.9 Å². The number of rotatable bonds is 4. The van der Waals surface area contributed by atoms with E-state index in [9.17, 15) is 18.4 Å². The first kappa shape index (κ1) is 18.1. The molecule has 1 amide bonds. The molecule has 0 heterocycles.